The summed E-state index contributed by atoms with van der Waals surface area (Å²) in [6, 6.07) is -0.361. The minimum absolute atomic E-state index is 0.0745. The molecule has 1 saturated heterocycles. The zero-order chi connectivity index (χ0) is 8.27. The molecule has 4 nitrogen and oxygen atoms in total. The smallest absolute Gasteiger partial charge is 0.237 e. The summed E-state index contributed by atoms with van der Waals surface area (Å²) in [7, 11) is 2.20. The molecule has 3 atom stereocenters. The maximum absolute atomic E-state index is 11.0. The zero-order valence-corrected chi connectivity index (χ0v) is 7.40. The summed E-state index contributed by atoms with van der Waals surface area (Å²) in [6.07, 6.45) is 1.63. The maximum Gasteiger partial charge on any atom is 0.237 e. The third-order valence-electron chi connectivity index (χ3n) is 1.83. The average Bonchev–Trinajstić information content (AvgIpc) is 2.16. The van der Waals surface area contributed by atoms with Crippen LogP contribution in [0.2, 0.25) is 0 Å². The standard InChI is InChI=1S/C6H13N2O2P/c7-5-2-1-4(10-11)3-8-6(5)9/h4-5H,1-3,7,11H2,(H,8,9). The van der Waals surface area contributed by atoms with Gasteiger partial charge in [0.25, 0.3) is 0 Å². The number of amides is 1. The Kier molecular flexibility index (Phi) is 3.24. The zero-order valence-electron chi connectivity index (χ0n) is 6.25. The lowest BCUT2D eigenvalue weighted by Crippen LogP contribution is -2.39. The van der Waals surface area contributed by atoms with E-state index in [1.807, 2.05) is 0 Å². The molecule has 11 heavy (non-hydrogen) atoms. The largest absolute Gasteiger partial charge is 0.361 e. The third kappa shape index (κ3) is 2.40. The van der Waals surface area contributed by atoms with E-state index in [9.17, 15) is 4.79 Å². The highest BCUT2D eigenvalue weighted by Crippen LogP contribution is 2.10. The first-order valence-corrected chi connectivity index (χ1v) is 4.10. The van der Waals surface area contributed by atoms with Crippen LogP contribution in [0.4, 0.5) is 0 Å². The Morgan fingerprint density at radius 1 is 1.64 bits per heavy atom. The van der Waals surface area contributed by atoms with Crippen molar-refractivity contribution in [1.82, 2.24) is 5.32 Å². The molecule has 64 valence electrons. The van der Waals surface area contributed by atoms with Gasteiger partial charge < -0.3 is 15.6 Å². The van der Waals surface area contributed by atoms with Gasteiger partial charge in [-0.25, -0.2) is 0 Å². The SMILES string of the molecule is NC1CCC(OP)CNC1=O. The van der Waals surface area contributed by atoms with E-state index in [0.717, 1.165) is 6.42 Å². The van der Waals surface area contributed by atoms with Gasteiger partial charge in [-0.3, -0.25) is 4.79 Å². The van der Waals surface area contributed by atoms with Crippen molar-refractivity contribution >= 4 is 15.4 Å². The molecule has 5 heteroatoms. The average molecular weight is 176 g/mol. The molecule has 1 aliphatic rings. The Balaban J connectivity index is 2.44. The van der Waals surface area contributed by atoms with E-state index in [0.29, 0.717) is 13.0 Å². The van der Waals surface area contributed by atoms with Crippen molar-refractivity contribution < 1.29 is 9.32 Å². The molecule has 0 aromatic heterocycles. The second kappa shape index (κ2) is 4.00. The van der Waals surface area contributed by atoms with Gasteiger partial charge >= 0.3 is 0 Å². The first-order chi connectivity index (χ1) is 5.24. The highest BCUT2D eigenvalue weighted by Gasteiger charge is 2.21. The van der Waals surface area contributed by atoms with Gasteiger partial charge in [-0.05, 0) is 12.8 Å². The van der Waals surface area contributed by atoms with Gasteiger partial charge in [-0.2, -0.15) is 0 Å². The number of carbonyl (C=O) groups excluding carboxylic acids is 1. The first kappa shape index (κ1) is 8.91. The molecule has 0 aromatic rings. The molecule has 0 aliphatic carbocycles. The van der Waals surface area contributed by atoms with Crippen LogP contribution < -0.4 is 11.1 Å². The molecular formula is C6H13N2O2P. The lowest BCUT2D eigenvalue weighted by atomic mass is 10.1. The molecule has 3 N–H and O–H groups in total. The second-order valence-corrected chi connectivity index (χ2v) is 2.96. The Morgan fingerprint density at radius 2 is 2.36 bits per heavy atom. The predicted octanol–water partition coefficient (Wildman–Crippen LogP) is -0.601. The van der Waals surface area contributed by atoms with Crippen molar-refractivity contribution in [1.29, 1.82) is 0 Å². The van der Waals surface area contributed by atoms with Crippen molar-refractivity contribution in [3.8, 4) is 0 Å². The number of hydrogen-bond acceptors (Lipinski definition) is 3. The van der Waals surface area contributed by atoms with Crippen LogP contribution >= 0.6 is 9.47 Å². The molecule has 3 unspecified atom stereocenters. The monoisotopic (exact) mass is 176 g/mol. The number of hydrogen-bond donors (Lipinski definition) is 2. The fourth-order valence-corrected chi connectivity index (χ4v) is 1.29. The van der Waals surface area contributed by atoms with Gasteiger partial charge in [-0.15, -0.1) is 0 Å². The molecule has 0 spiro atoms. The van der Waals surface area contributed by atoms with Gasteiger partial charge in [0, 0.05) is 16.0 Å². The normalized spacial score (nSPS) is 32.7. The molecule has 1 heterocycles. The van der Waals surface area contributed by atoms with E-state index in [2.05, 4.69) is 14.8 Å². The summed E-state index contributed by atoms with van der Waals surface area (Å²) in [5, 5.41) is 2.69. The Labute approximate surface area is 68.1 Å². The number of nitrogens with two attached hydrogens (primary N) is 1. The van der Waals surface area contributed by atoms with E-state index < -0.39 is 0 Å². The van der Waals surface area contributed by atoms with Crippen molar-refractivity contribution in [2.24, 2.45) is 5.73 Å². The molecule has 0 saturated carbocycles. The molecule has 1 fully saturated rings. The number of nitrogens with one attached hydrogen (secondary N) is 1. The predicted molar refractivity (Wildman–Crippen MR) is 44.8 cm³/mol. The lowest BCUT2D eigenvalue weighted by Gasteiger charge is -2.09. The minimum atomic E-state index is -0.361. The number of carbonyl (C=O) groups is 1. The van der Waals surface area contributed by atoms with Gasteiger partial charge in [0.2, 0.25) is 5.91 Å². The number of rotatable bonds is 1. The summed E-state index contributed by atoms with van der Waals surface area (Å²) >= 11 is 0. The second-order valence-electron chi connectivity index (χ2n) is 2.69. The van der Waals surface area contributed by atoms with Crippen LogP contribution in [0.3, 0.4) is 0 Å². The Morgan fingerprint density at radius 3 is 3.00 bits per heavy atom. The fourth-order valence-electron chi connectivity index (χ4n) is 1.06. The van der Waals surface area contributed by atoms with Crippen molar-refractivity contribution in [3.63, 3.8) is 0 Å². The molecule has 1 aliphatic heterocycles. The van der Waals surface area contributed by atoms with Crippen LogP contribution in [0.1, 0.15) is 12.8 Å². The van der Waals surface area contributed by atoms with E-state index in [4.69, 9.17) is 10.3 Å². The lowest BCUT2D eigenvalue weighted by molar-refractivity contribution is -0.122. The summed E-state index contributed by atoms with van der Waals surface area (Å²) in [6.45, 7) is 0.566. The van der Waals surface area contributed by atoms with Gasteiger partial charge in [0.05, 0.1) is 12.1 Å². The molecule has 0 aromatic carbocycles. The van der Waals surface area contributed by atoms with Crippen LogP contribution in [0.15, 0.2) is 0 Å². The van der Waals surface area contributed by atoms with E-state index >= 15 is 0 Å². The third-order valence-corrected chi connectivity index (χ3v) is 2.22. The molecule has 1 amide bonds. The highest BCUT2D eigenvalue weighted by molar-refractivity contribution is 7.09. The summed E-state index contributed by atoms with van der Waals surface area (Å²) in [5.41, 5.74) is 5.52. The van der Waals surface area contributed by atoms with E-state index in [1.54, 1.807) is 0 Å². The van der Waals surface area contributed by atoms with E-state index in [-0.39, 0.29) is 18.1 Å². The van der Waals surface area contributed by atoms with E-state index in [1.165, 1.54) is 0 Å². The van der Waals surface area contributed by atoms with Crippen molar-refractivity contribution in [2.75, 3.05) is 6.54 Å². The summed E-state index contributed by atoms with van der Waals surface area (Å²) < 4.78 is 5.01. The maximum atomic E-state index is 11.0. The van der Waals surface area contributed by atoms with Crippen LogP contribution in [-0.4, -0.2) is 24.6 Å². The van der Waals surface area contributed by atoms with Crippen LogP contribution in [0.25, 0.3) is 0 Å². The van der Waals surface area contributed by atoms with Crippen LogP contribution in [0.5, 0.6) is 0 Å². The summed E-state index contributed by atoms with van der Waals surface area (Å²) in [5.74, 6) is -0.0745. The van der Waals surface area contributed by atoms with Crippen LogP contribution in [-0.2, 0) is 9.32 Å². The van der Waals surface area contributed by atoms with Crippen molar-refractivity contribution in [3.05, 3.63) is 0 Å². The molecule has 0 radical (unpaired) electrons. The van der Waals surface area contributed by atoms with Gasteiger partial charge in [0.15, 0.2) is 0 Å². The quantitative estimate of drug-likeness (QED) is 0.524. The topological polar surface area (TPSA) is 64.3 Å². The minimum Gasteiger partial charge on any atom is -0.361 e. The Bertz CT molecular complexity index is 154. The van der Waals surface area contributed by atoms with Crippen LogP contribution in [0, 0.1) is 0 Å². The van der Waals surface area contributed by atoms with Crippen molar-refractivity contribution in [2.45, 2.75) is 25.0 Å². The first-order valence-electron chi connectivity index (χ1n) is 3.63. The van der Waals surface area contributed by atoms with Gasteiger partial charge in [-0.1, -0.05) is 0 Å². The summed E-state index contributed by atoms with van der Waals surface area (Å²) in [4.78, 5) is 11.0. The Hall–Kier alpha value is -0.180. The molecule has 0 bridgehead atoms. The highest BCUT2D eigenvalue weighted by atomic mass is 31.0. The van der Waals surface area contributed by atoms with Gasteiger partial charge in [0.1, 0.15) is 0 Å². The molecule has 1 rings (SSSR count). The fraction of sp³-hybridized carbons (Fsp3) is 0.833. The molecular weight excluding hydrogens is 163 g/mol.